The third kappa shape index (κ3) is 3.36. The highest BCUT2D eigenvalue weighted by molar-refractivity contribution is 5.82. The van der Waals surface area contributed by atoms with Gasteiger partial charge in [0.15, 0.2) is 0 Å². The average molecular weight is 259 g/mol. The number of aryl methyl sites for hydroxylation is 2. The highest BCUT2D eigenvalue weighted by Gasteiger charge is 2.37. The largest absolute Gasteiger partial charge is 0.464 e. The summed E-state index contributed by atoms with van der Waals surface area (Å²) in [5, 5.41) is 3.10. The van der Waals surface area contributed by atoms with E-state index >= 15 is 0 Å². The summed E-state index contributed by atoms with van der Waals surface area (Å²) in [7, 11) is 0. The fraction of sp³-hybridized carbons (Fsp3) is 0.438. The summed E-state index contributed by atoms with van der Waals surface area (Å²) in [6.07, 6.45) is 5.29. The van der Waals surface area contributed by atoms with E-state index in [1.165, 1.54) is 0 Å². The minimum absolute atomic E-state index is 0.308. The lowest BCUT2D eigenvalue weighted by molar-refractivity contribution is -0.150. The first-order valence-corrected chi connectivity index (χ1v) is 6.39. The molecule has 1 aromatic carbocycles. The van der Waals surface area contributed by atoms with Gasteiger partial charge in [0.25, 0.3) is 0 Å². The Labute approximate surface area is 115 Å². The van der Waals surface area contributed by atoms with Crippen LogP contribution in [0.4, 0.5) is 0 Å². The van der Waals surface area contributed by atoms with Crippen LogP contribution in [0.25, 0.3) is 0 Å². The van der Waals surface area contributed by atoms with Crippen LogP contribution in [0.15, 0.2) is 18.2 Å². The molecule has 0 aliphatic rings. The zero-order valence-corrected chi connectivity index (χ0v) is 12.0. The maximum absolute atomic E-state index is 12.3. The average Bonchev–Trinajstić information content (AvgIpc) is 2.36. The van der Waals surface area contributed by atoms with E-state index in [-0.39, 0.29) is 5.97 Å². The van der Waals surface area contributed by atoms with Gasteiger partial charge in [-0.1, -0.05) is 29.7 Å². The Morgan fingerprint density at radius 1 is 1.47 bits per heavy atom. The number of benzene rings is 1. The number of ether oxygens (including phenoxy) is 1. The van der Waals surface area contributed by atoms with Gasteiger partial charge in [-0.15, -0.1) is 6.42 Å². The molecular formula is C16H21NO2. The van der Waals surface area contributed by atoms with Crippen LogP contribution in [0.5, 0.6) is 0 Å². The molecule has 0 saturated carbocycles. The predicted octanol–water partition coefficient (Wildman–Crippen LogP) is 2.30. The molecule has 0 fully saturated rings. The van der Waals surface area contributed by atoms with E-state index in [9.17, 15) is 4.79 Å². The molecule has 102 valence electrons. The lowest BCUT2D eigenvalue weighted by Crippen LogP contribution is -2.48. The van der Waals surface area contributed by atoms with Gasteiger partial charge in [0.1, 0.15) is 5.54 Å². The number of carbonyl (C=O) groups excluding carboxylic acids is 1. The number of hydrogen-bond donors (Lipinski definition) is 1. The minimum Gasteiger partial charge on any atom is -0.464 e. The van der Waals surface area contributed by atoms with Crippen LogP contribution in [0.3, 0.4) is 0 Å². The summed E-state index contributed by atoms with van der Waals surface area (Å²) in [5.74, 6) is 2.19. The van der Waals surface area contributed by atoms with Crippen molar-refractivity contribution >= 4 is 5.97 Å². The van der Waals surface area contributed by atoms with E-state index in [2.05, 4.69) is 11.2 Å². The predicted molar refractivity (Wildman–Crippen MR) is 76.7 cm³/mol. The zero-order chi connectivity index (χ0) is 14.5. The first-order chi connectivity index (χ1) is 8.95. The fourth-order valence-corrected chi connectivity index (χ4v) is 2.16. The Kier molecular flexibility index (Phi) is 5.14. The number of rotatable bonds is 5. The first-order valence-electron chi connectivity index (χ1n) is 6.39. The minimum atomic E-state index is -0.917. The Balaban J connectivity index is 3.22. The quantitative estimate of drug-likeness (QED) is 0.651. The fourth-order valence-electron chi connectivity index (χ4n) is 2.16. The Morgan fingerprint density at radius 2 is 2.16 bits per heavy atom. The number of hydrogen-bond acceptors (Lipinski definition) is 3. The van der Waals surface area contributed by atoms with Crippen LogP contribution in [0.2, 0.25) is 0 Å². The molecule has 0 bridgehead atoms. The molecule has 0 amide bonds. The normalized spacial score (nSPS) is 13.4. The number of esters is 1. The molecule has 1 atom stereocenters. The molecule has 0 heterocycles. The van der Waals surface area contributed by atoms with Crippen molar-refractivity contribution in [3.05, 3.63) is 34.9 Å². The summed E-state index contributed by atoms with van der Waals surface area (Å²) in [6.45, 7) is 8.26. The van der Waals surface area contributed by atoms with Crippen LogP contribution >= 0.6 is 0 Å². The van der Waals surface area contributed by atoms with Gasteiger partial charge in [0.2, 0.25) is 0 Å². The van der Waals surface area contributed by atoms with Crippen LogP contribution in [0.1, 0.15) is 30.5 Å². The van der Waals surface area contributed by atoms with Crippen molar-refractivity contribution in [2.24, 2.45) is 0 Å². The van der Waals surface area contributed by atoms with Gasteiger partial charge < -0.3 is 4.74 Å². The summed E-state index contributed by atoms with van der Waals surface area (Å²) in [6, 6.07) is 5.98. The first kappa shape index (κ1) is 15.3. The zero-order valence-electron chi connectivity index (χ0n) is 12.0. The Morgan fingerprint density at radius 3 is 2.68 bits per heavy atom. The van der Waals surface area contributed by atoms with Crippen molar-refractivity contribution in [2.75, 3.05) is 13.2 Å². The molecule has 1 rings (SSSR count). The molecule has 0 saturated heterocycles. The molecule has 3 heteroatoms. The van der Waals surface area contributed by atoms with Crippen LogP contribution < -0.4 is 5.32 Å². The number of carbonyl (C=O) groups is 1. The second-order valence-corrected chi connectivity index (χ2v) is 4.72. The van der Waals surface area contributed by atoms with Gasteiger partial charge in [-0.05, 0) is 38.8 Å². The molecule has 0 aromatic heterocycles. The van der Waals surface area contributed by atoms with E-state index in [1.54, 1.807) is 13.8 Å². The smallest absolute Gasteiger partial charge is 0.330 e. The van der Waals surface area contributed by atoms with Gasteiger partial charge in [-0.2, -0.15) is 0 Å². The molecule has 3 nitrogen and oxygen atoms in total. The second-order valence-electron chi connectivity index (χ2n) is 4.72. The van der Waals surface area contributed by atoms with Crippen LogP contribution in [-0.4, -0.2) is 19.1 Å². The van der Waals surface area contributed by atoms with Gasteiger partial charge >= 0.3 is 5.97 Å². The molecule has 0 aliphatic heterocycles. The van der Waals surface area contributed by atoms with E-state index < -0.39 is 5.54 Å². The molecule has 0 aliphatic carbocycles. The lowest BCUT2D eigenvalue weighted by Gasteiger charge is -2.30. The van der Waals surface area contributed by atoms with Crippen molar-refractivity contribution in [3.63, 3.8) is 0 Å². The summed E-state index contributed by atoms with van der Waals surface area (Å²) in [4.78, 5) is 12.3. The van der Waals surface area contributed by atoms with Gasteiger partial charge in [0.05, 0.1) is 13.2 Å². The van der Waals surface area contributed by atoms with Crippen molar-refractivity contribution in [1.29, 1.82) is 0 Å². The molecular weight excluding hydrogens is 238 g/mol. The summed E-state index contributed by atoms with van der Waals surface area (Å²) >= 11 is 0. The third-order valence-electron chi connectivity index (χ3n) is 3.15. The van der Waals surface area contributed by atoms with Crippen molar-refractivity contribution < 1.29 is 9.53 Å². The van der Waals surface area contributed by atoms with Crippen molar-refractivity contribution in [2.45, 2.75) is 33.2 Å². The lowest BCUT2D eigenvalue weighted by atomic mass is 9.87. The van der Waals surface area contributed by atoms with E-state index in [0.29, 0.717) is 13.2 Å². The Bertz CT molecular complexity index is 502. The SMILES string of the molecule is C#CCNC(C)(C(=O)OCC)c1ccc(C)cc1C. The standard InChI is InChI=1S/C16H21NO2/c1-6-10-17-16(5,15(18)19-7-2)14-9-8-12(3)11-13(14)4/h1,8-9,11,17H,7,10H2,2-5H3. The molecule has 1 N–H and O–H groups in total. The number of nitrogens with one attached hydrogen (secondary N) is 1. The van der Waals surface area contributed by atoms with Gasteiger partial charge in [-0.25, -0.2) is 4.79 Å². The molecule has 19 heavy (non-hydrogen) atoms. The highest BCUT2D eigenvalue weighted by Crippen LogP contribution is 2.26. The van der Waals surface area contributed by atoms with E-state index in [0.717, 1.165) is 16.7 Å². The molecule has 1 aromatic rings. The van der Waals surface area contributed by atoms with Crippen molar-refractivity contribution in [1.82, 2.24) is 5.32 Å². The van der Waals surface area contributed by atoms with Gasteiger partial charge in [-0.3, -0.25) is 5.32 Å². The highest BCUT2D eigenvalue weighted by atomic mass is 16.5. The van der Waals surface area contributed by atoms with Crippen LogP contribution in [0, 0.1) is 26.2 Å². The third-order valence-corrected chi connectivity index (χ3v) is 3.15. The summed E-state index contributed by atoms with van der Waals surface area (Å²) < 4.78 is 5.17. The van der Waals surface area contributed by atoms with E-state index in [4.69, 9.17) is 11.2 Å². The maximum atomic E-state index is 12.3. The molecule has 0 spiro atoms. The van der Waals surface area contributed by atoms with E-state index in [1.807, 2.05) is 32.0 Å². The molecule has 1 unspecified atom stereocenters. The Hall–Kier alpha value is -1.79. The van der Waals surface area contributed by atoms with Crippen molar-refractivity contribution in [3.8, 4) is 12.3 Å². The monoisotopic (exact) mass is 259 g/mol. The van der Waals surface area contributed by atoms with Gasteiger partial charge in [0, 0.05) is 0 Å². The van der Waals surface area contributed by atoms with Crippen LogP contribution in [-0.2, 0) is 15.1 Å². The maximum Gasteiger partial charge on any atom is 0.330 e. The summed E-state index contributed by atoms with van der Waals surface area (Å²) in [5.41, 5.74) is 2.18. The second kappa shape index (κ2) is 6.40. The topological polar surface area (TPSA) is 38.3 Å². The molecule has 0 radical (unpaired) electrons. The number of terminal acetylenes is 1.